The van der Waals surface area contributed by atoms with Gasteiger partial charge in [0.1, 0.15) is 0 Å². The van der Waals surface area contributed by atoms with Crippen molar-refractivity contribution in [3.8, 4) is 0 Å². The summed E-state index contributed by atoms with van der Waals surface area (Å²) in [7, 11) is 3.17. The molecule has 4 rings (SSSR count). The molecule has 140 valence electrons. The first-order valence-electron chi connectivity index (χ1n) is 8.78. The maximum absolute atomic E-state index is 12.4. The Bertz CT molecular complexity index is 1180. The zero-order valence-electron chi connectivity index (χ0n) is 15.5. The highest BCUT2D eigenvalue weighted by molar-refractivity contribution is 6.31. The summed E-state index contributed by atoms with van der Waals surface area (Å²) >= 11 is 6.33. The zero-order valence-corrected chi connectivity index (χ0v) is 16.2. The molecule has 1 fully saturated rings. The number of benzene rings is 2. The normalized spacial score (nSPS) is 15.6. The summed E-state index contributed by atoms with van der Waals surface area (Å²) in [5.74, 6) is 0. The van der Waals surface area contributed by atoms with E-state index in [1.165, 1.54) is 11.6 Å². The molecule has 1 aliphatic rings. The quantitative estimate of drug-likeness (QED) is 0.725. The zero-order chi connectivity index (χ0) is 19.3. The fourth-order valence-electron chi connectivity index (χ4n) is 3.79. The van der Waals surface area contributed by atoms with Crippen molar-refractivity contribution >= 4 is 28.2 Å². The number of nitrogens with zero attached hydrogens (tertiary/aromatic N) is 2. The number of halogens is 1. The summed E-state index contributed by atoms with van der Waals surface area (Å²) in [5, 5.41) is 8.19. The van der Waals surface area contributed by atoms with Gasteiger partial charge in [0.2, 0.25) is 0 Å². The lowest BCUT2D eigenvalue weighted by Crippen LogP contribution is -2.61. The van der Waals surface area contributed by atoms with Crippen LogP contribution in [0.2, 0.25) is 5.02 Å². The molecule has 0 amide bonds. The van der Waals surface area contributed by atoms with Crippen LogP contribution in [0.3, 0.4) is 0 Å². The van der Waals surface area contributed by atoms with E-state index in [0.29, 0.717) is 10.9 Å². The van der Waals surface area contributed by atoms with Crippen molar-refractivity contribution in [3.63, 3.8) is 0 Å². The summed E-state index contributed by atoms with van der Waals surface area (Å²) in [6.45, 7) is 3.55. The van der Waals surface area contributed by atoms with E-state index in [4.69, 9.17) is 11.6 Å². The lowest BCUT2D eigenvalue weighted by atomic mass is 9.81. The van der Waals surface area contributed by atoms with Crippen LogP contribution < -0.4 is 21.9 Å². The topological polar surface area (TPSA) is 68.1 Å². The van der Waals surface area contributed by atoms with E-state index >= 15 is 0 Å². The van der Waals surface area contributed by atoms with Crippen LogP contribution in [-0.4, -0.2) is 22.2 Å². The summed E-state index contributed by atoms with van der Waals surface area (Å²) in [6, 6.07) is 11.4. The van der Waals surface area contributed by atoms with Gasteiger partial charge >= 0.3 is 5.69 Å². The average molecular weight is 385 g/mol. The van der Waals surface area contributed by atoms with Crippen molar-refractivity contribution in [2.45, 2.75) is 12.5 Å². The first-order chi connectivity index (χ1) is 12.8. The molecule has 27 heavy (non-hydrogen) atoms. The first kappa shape index (κ1) is 17.8. The second kappa shape index (κ2) is 6.25. The molecule has 1 aliphatic heterocycles. The number of aryl methyl sites for hydroxylation is 1. The molecule has 0 spiro atoms. The van der Waals surface area contributed by atoms with Gasteiger partial charge in [-0.05, 0) is 42.3 Å². The van der Waals surface area contributed by atoms with Crippen LogP contribution in [0.15, 0.2) is 46.0 Å². The first-order valence-corrected chi connectivity index (χ1v) is 9.16. The average Bonchev–Trinajstić information content (AvgIpc) is 2.63. The minimum atomic E-state index is -0.338. The standard InChI is InChI=1S/C20H21ClN4O2/c1-12-15(5-4-6-16(12)21)20(10-22-11-20)23-13-7-8-14-17(9-13)24(2)19(27)25(3)18(14)26/h4-9,22-23H,10-11H2,1-3H3. The molecule has 0 radical (unpaired) electrons. The van der Waals surface area contributed by atoms with Gasteiger partial charge in [0.25, 0.3) is 5.56 Å². The van der Waals surface area contributed by atoms with E-state index < -0.39 is 0 Å². The van der Waals surface area contributed by atoms with Crippen LogP contribution >= 0.6 is 11.6 Å². The molecule has 3 aromatic rings. The van der Waals surface area contributed by atoms with Crippen molar-refractivity contribution < 1.29 is 0 Å². The van der Waals surface area contributed by atoms with E-state index in [0.717, 1.165) is 39.5 Å². The van der Waals surface area contributed by atoms with Crippen molar-refractivity contribution in [2.24, 2.45) is 14.1 Å². The molecular weight excluding hydrogens is 364 g/mol. The molecule has 0 bridgehead atoms. The smallest absolute Gasteiger partial charge is 0.330 e. The van der Waals surface area contributed by atoms with Gasteiger partial charge in [0, 0.05) is 37.9 Å². The summed E-state index contributed by atoms with van der Waals surface area (Å²) < 4.78 is 2.63. The maximum atomic E-state index is 12.4. The molecule has 2 N–H and O–H groups in total. The molecule has 2 aromatic carbocycles. The fourth-order valence-corrected chi connectivity index (χ4v) is 3.96. The molecule has 1 saturated heterocycles. The van der Waals surface area contributed by atoms with Gasteiger partial charge in [-0.1, -0.05) is 23.7 Å². The van der Waals surface area contributed by atoms with Crippen molar-refractivity contribution in [2.75, 3.05) is 18.4 Å². The minimum Gasteiger partial charge on any atom is -0.373 e. The highest BCUT2D eigenvalue weighted by Gasteiger charge is 2.40. The predicted octanol–water partition coefficient (Wildman–Crippen LogP) is 2.11. The summed E-state index contributed by atoms with van der Waals surface area (Å²) in [5.41, 5.74) is 2.76. The van der Waals surface area contributed by atoms with Crippen LogP contribution in [0.4, 0.5) is 5.69 Å². The molecule has 0 aliphatic carbocycles. The van der Waals surface area contributed by atoms with Gasteiger partial charge in [-0.3, -0.25) is 13.9 Å². The fraction of sp³-hybridized carbons (Fsp3) is 0.300. The van der Waals surface area contributed by atoms with Crippen LogP contribution in [0, 0.1) is 6.92 Å². The van der Waals surface area contributed by atoms with Gasteiger partial charge in [-0.2, -0.15) is 0 Å². The van der Waals surface area contributed by atoms with Crippen LogP contribution in [0.25, 0.3) is 10.9 Å². The van der Waals surface area contributed by atoms with Gasteiger partial charge < -0.3 is 10.6 Å². The Balaban J connectivity index is 1.82. The van der Waals surface area contributed by atoms with E-state index in [-0.39, 0.29) is 16.8 Å². The van der Waals surface area contributed by atoms with Crippen molar-refractivity contribution in [1.82, 2.24) is 14.5 Å². The Morgan fingerprint density at radius 3 is 2.52 bits per heavy atom. The third-order valence-electron chi connectivity index (χ3n) is 5.49. The Morgan fingerprint density at radius 1 is 1.11 bits per heavy atom. The molecule has 7 heteroatoms. The third kappa shape index (κ3) is 2.67. The maximum Gasteiger partial charge on any atom is 0.330 e. The molecule has 0 unspecified atom stereocenters. The van der Waals surface area contributed by atoms with Crippen LogP contribution in [0.5, 0.6) is 0 Å². The lowest BCUT2D eigenvalue weighted by molar-refractivity contribution is 0.316. The number of hydrogen-bond donors (Lipinski definition) is 2. The minimum absolute atomic E-state index is 0.277. The number of nitrogens with one attached hydrogen (secondary N) is 2. The summed E-state index contributed by atoms with van der Waals surface area (Å²) in [4.78, 5) is 24.6. The highest BCUT2D eigenvalue weighted by atomic mass is 35.5. The predicted molar refractivity (Wildman–Crippen MR) is 109 cm³/mol. The molecule has 2 heterocycles. The SMILES string of the molecule is Cc1c(Cl)cccc1C1(Nc2ccc3c(=O)n(C)c(=O)n(C)c3c2)CNC1. The van der Waals surface area contributed by atoms with Gasteiger partial charge in [-0.15, -0.1) is 0 Å². The Hall–Kier alpha value is -2.57. The monoisotopic (exact) mass is 384 g/mol. The van der Waals surface area contributed by atoms with Crippen molar-refractivity contribution in [3.05, 3.63) is 73.4 Å². The lowest BCUT2D eigenvalue weighted by Gasteiger charge is -2.45. The number of rotatable bonds is 3. The van der Waals surface area contributed by atoms with E-state index in [1.54, 1.807) is 13.1 Å². The van der Waals surface area contributed by atoms with Gasteiger partial charge in [0.05, 0.1) is 16.4 Å². The van der Waals surface area contributed by atoms with E-state index in [2.05, 4.69) is 16.7 Å². The van der Waals surface area contributed by atoms with Gasteiger partial charge in [-0.25, -0.2) is 4.79 Å². The molecule has 1 aromatic heterocycles. The molecule has 0 atom stereocenters. The number of anilines is 1. The molecule has 0 saturated carbocycles. The second-order valence-corrected chi connectivity index (χ2v) is 7.57. The Kier molecular flexibility index (Phi) is 4.13. The van der Waals surface area contributed by atoms with Crippen LogP contribution in [0.1, 0.15) is 11.1 Å². The second-order valence-electron chi connectivity index (χ2n) is 7.16. The number of hydrogen-bond acceptors (Lipinski definition) is 4. The number of fused-ring (bicyclic) bond motifs is 1. The van der Waals surface area contributed by atoms with E-state index in [1.807, 2.05) is 31.2 Å². The summed E-state index contributed by atoms with van der Waals surface area (Å²) in [6.07, 6.45) is 0. The van der Waals surface area contributed by atoms with Crippen molar-refractivity contribution in [1.29, 1.82) is 0 Å². The van der Waals surface area contributed by atoms with Crippen LogP contribution in [-0.2, 0) is 19.6 Å². The Labute approximate surface area is 161 Å². The van der Waals surface area contributed by atoms with Gasteiger partial charge in [0.15, 0.2) is 0 Å². The largest absolute Gasteiger partial charge is 0.373 e. The molecular formula is C20H21ClN4O2. The van der Waals surface area contributed by atoms with E-state index in [9.17, 15) is 9.59 Å². The molecule has 6 nitrogen and oxygen atoms in total. The number of aromatic nitrogens is 2. The highest BCUT2D eigenvalue weighted by Crippen LogP contribution is 2.35. The third-order valence-corrected chi connectivity index (χ3v) is 5.90. The Morgan fingerprint density at radius 2 is 1.85 bits per heavy atom.